The zero-order chi connectivity index (χ0) is 15.4. The third kappa shape index (κ3) is 4.07. The van der Waals surface area contributed by atoms with Crippen molar-refractivity contribution >= 4 is 29.3 Å². The molecule has 7 heteroatoms. The number of carboxylic acid groups (broad SMARTS) is 1. The Labute approximate surface area is 126 Å². The molecule has 1 unspecified atom stereocenters. The normalized spacial score (nSPS) is 18.4. The van der Waals surface area contributed by atoms with Gasteiger partial charge in [0.05, 0.1) is 17.1 Å². The number of carbonyl (C=O) groups is 2. The van der Waals surface area contributed by atoms with Crippen LogP contribution in [0.15, 0.2) is 18.2 Å². The van der Waals surface area contributed by atoms with Gasteiger partial charge < -0.3 is 15.3 Å². The zero-order valence-corrected chi connectivity index (χ0v) is 12.1. The van der Waals surface area contributed by atoms with Crippen molar-refractivity contribution in [2.75, 3.05) is 11.9 Å². The molecule has 1 atom stereocenters. The van der Waals surface area contributed by atoms with Gasteiger partial charge in [0, 0.05) is 12.6 Å². The van der Waals surface area contributed by atoms with Crippen molar-refractivity contribution in [2.45, 2.75) is 31.7 Å². The minimum Gasteiger partial charge on any atom is -0.481 e. The van der Waals surface area contributed by atoms with Gasteiger partial charge in [-0.25, -0.2) is 9.18 Å². The Morgan fingerprint density at radius 3 is 2.86 bits per heavy atom. The number of carboxylic acids is 1. The van der Waals surface area contributed by atoms with Gasteiger partial charge in [0.15, 0.2) is 0 Å². The van der Waals surface area contributed by atoms with E-state index < -0.39 is 17.8 Å². The molecule has 0 saturated carbocycles. The van der Waals surface area contributed by atoms with Crippen LogP contribution in [0.1, 0.15) is 25.7 Å². The van der Waals surface area contributed by atoms with Crippen molar-refractivity contribution in [3.8, 4) is 0 Å². The Morgan fingerprint density at radius 2 is 2.19 bits per heavy atom. The van der Waals surface area contributed by atoms with E-state index in [1.807, 2.05) is 0 Å². The van der Waals surface area contributed by atoms with Crippen LogP contribution in [0.5, 0.6) is 0 Å². The second kappa shape index (κ2) is 6.76. The number of piperidine rings is 1. The standard InChI is InChI=1S/C14H16ClFN2O3/c15-11-7-9(16)4-5-12(11)17-14(21)18-6-2-1-3-10(18)8-13(19)20/h4-5,7,10H,1-3,6,8H2,(H,17,21)(H,19,20). The number of urea groups is 1. The van der Waals surface area contributed by atoms with Gasteiger partial charge in [-0.3, -0.25) is 4.79 Å². The fourth-order valence-electron chi connectivity index (χ4n) is 2.46. The number of nitrogens with zero attached hydrogens (tertiary/aromatic N) is 1. The van der Waals surface area contributed by atoms with E-state index in [0.29, 0.717) is 18.7 Å². The molecular weight excluding hydrogens is 299 g/mol. The molecule has 5 nitrogen and oxygen atoms in total. The van der Waals surface area contributed by atoms with Gasteiger partial charge in [0.1, 0.15) is 5.82 Å². The number of benzene rings is 1. The molecule has 0 aliphatic carbocycles. The number of aliphatic carboxylic acids is 1. The second-order valence-corrected chi connectivity index (χ2v) is 5.40. The molecule has 1 aliphatic rings. The summed E-state index contributed by atoms with van der Waals surface area (Å²) in [4.78, 5) is 24.6. The van der Waals surface area contributed by atoms with E-state index in [2.05, 4.69) is 5.32 Å². The lowest BCUT2D eigenvalue weighted by atomic mass is 10.00. The lowest BCUT2D eigenvalue weighted by Crippen LogP contribution is -2.46. The Kier molecular flexibility index (Phi) is 5.01. The SMILES string of the molecule is O=C(O)CC1CCCCN1C(=O)Nc1ccc(F)cc1Cl. The first-order valence-corrected chi connectivity index (χ1v) is 7.09. The Morgan fingerprint density at radius 1 is 1.43 bits per heavy atom. The highest BCUT2D eigenvalue weighted by atomic mass is 35.5. The Hall–Kier alpha value is -1.82. The molecule has 114 valence electrons. The number of amides is 2. The molecule has 2 amide bonds. The van der Waals surface area contributed by atoms with Crippen LogP contribution in [0.4, 0.5) is 14.9 Å². The van der Waals surface area contributed by atoms with Gasteiger partial charge in [-0.05, 0) is 37.5 Å². The second-order valence-electron chi connectivity index (χ2n) is 5.00. The fourth-order valence-corrected chi connectivity index (χ4v) is 2.67. The van der Waals surface area contributed by atoms with Crippen molar-refractivity contribution in [3.63, 3.8) is 0 Å². The van der Waals surface area contributed by atoms with Crippen LogP contribution in [-0.4, -0.2) is 34.6 Å². The summed E-state index contributed by atoms with van der Waals surface area (Å²) in [7, 11) is 0. The van der Waals surface area contributed by atoms with Gasteiger partial charge in [-0.2, -0.15) is 0 Å². The van der Waals surface area contributed by atoms with Crippen molar-refractivity contribution in [3.05, 3.63) is 29.0 Å². The lowest BCUT2D eigenvalue weighted by Gasteiger charge is -2.35. The van der Waals surface area contributed by atoms with Crippen molar-refractivity contribution in [1.29, 1.82) is 0 Å². The zero-order valence-electron chi connectivity index (χ0n) is 11.3. The highest BCUT2D eigenvalue weighted by molar-refractivity contribution is 6.33. The van der Waals surface area contributed by atoms with E-state index in [4.69, 9.17) is 16.7 Å². The number of anilines is 1. The summed E-state index contributed by atoms with van der Waals surface area (Å²) in [5.74, 6) is -1.42. The van der Waals surface area contributed by atoms with E-state index in [0.717, 1.165) is 18.9 Å². The summed E-state index contributed by atoms with van der Waals surface area (Å²) >= 11 is 5.87. The molecular formula is C14H16ClFN2O3. The largest absolute Gasteiger partial charge is 0.481 e. The predicted octanol–water partition coefficient (Wildman–Crippen LogP) is 3.34. The maximum absolute atomic E-state index is 13.0. The van der Waals surface area contributed by atoms with Crippen LogP contribution in [0.2, 0.25) is 5.02 Å². The van der Waals surface area contributed by atoms with Gasteiger partial charge in [0.2, 0.25) is 0 Å². The molecule has 1 heterocycles. The van der Waals surface area contributed by atoms with Gasteiger partial charge in [-0.1, -0.05) is 11.6 Å². The first-order chi connectivity index (χ1) is 9.97. The van der Waals surface area contributed by atoms with Crippen LogP contribution in [0.25, 0.3) is 0 Å². The van der Waals surface area contributed by atoms with E-state index in [9.17, 15) is 14.0 Å². The predicted molar refractivity (Wildman–Crippen MR) is 77.0 cm³/mol. The van der Waals surface area contributed by atoms with Gasteiger partial charge in [0.25, 0.3) is 0 Å². The lowest BCUT2D eigenvalue weighted by molar-refractivity contribution is -0.138. The van der Waals surface area contributed by atoms with Gasteiger partial charge in [-0.15, -0.1) is 0 Å². The maximum Gasteiger partial charge on any atom is 0.322 e. The summed E-state index contributed by atoms with van der Waals surface area (Å²) in [6, 6.07) is 2.96. The highest BCUT2D eigenvalue weighted by Crippen LogP contribution is 2.25. The number of likely N-dealkylation sites (tertiary alicyclic amines) is 1. The molecule has 2 N–H and O–H groups in total. The van der Waals surface area contributed by atoms with Crippen LogP contribution >= 0.6 is 11.6 Å². The number of rotatable bonds is 3. The molecule has 0 aromatic heterocycles. The molecule has 1 fully saturated rings. The van der Waals surface area contributed by atoms with E-state index >= 15 is 0 Å². The minimum atomic E-state index is -0.931. The monoisotopic (exact) mass is 314 g/mol. The summed E-state index contributed by atoms with van der Waals surface area (Å²) in [6.45, 7) is 0.503. The highest BCUT2D eigenvalue weighted by Gasteiger charge is 2.28. The summed E-state index contributed by atoms with van der Waals surface area (Å²) in [5, 5.41) is 11.6. The molecule has 0 radical (unpaired) electrons. The molecule has 1 aromatic rings. The maximum atomic E-state index is 13.0. The third-order valence-corrected chi connectivity index (χ3v) is 3.78. The first kappa shape index (κ1) is 15.6. The van der Waals surface area contributed by atoms with Crippen LogP contribution in [0.3, 0.4) is 0 Å². The molecule has 0 spiro atoms. The average molecular weight is 315 g/mol. The number of hydrogen-bond acceptors (Lipinski definition) is 2. The molecule has 1 saturated heterocycles. The van der Waals surface area contributed by atoms with Crippen LogP contribution in [0, 0.1) is 5.82 Å². The number of nitrogens with one attached hydrogen (secondary N) is 1. The van der Waals surface area contributed by atoms with Crippen molar-refractivity contribution in [1.82, 2.24) is 4.90 Å². The fraction of sp³-hybridized carbons (Fsp3) is 0.429. The van der Waals surface area contributed by atoms with E-state index in [-0.39, 0.29) is 17.5 Å². The van der Waals surface area contributed by atoms with Gasteiger partial charge >= 0.3 is 12.0 Å². The van der Waals surface area contributed by atoms with E-state index in [1.165, 1.54) is 17.0 Å². The number of halogens is 2. The molecule has 1 aliphatic heterocycles. The smallest absolute Gasteiger partial charge is 0.322 e. The molecule has 2 rings (SSSR count). The third-order valence-electron chi connectivity index (χ3n) is 3.47. The summed E-state index contributed by atoms with van der Waals surface area (Å²) in [6.07, 6.45) is 2.32. The summed E-state index contributed by atoms with van der Waals surface area (Å²) in [5.41, 5.74) is 0.308. The quantitative estimate of drug-likeness (QED) is 0.899. The van der Waals surface area contributed by atoms with E-state index in [1.54, 1.807) is 0 Å². The van der Waals surface area contributed by atoms with Crippen molar-refractivity contribution in [2.24, 2.45) is 0 Å². The summed E-state index contributed by atoms with van der Waals surface area (Å²) < 4.78 is 13.0. The Bertz CT molecular complexity index is 553. The van der Waals surface area contributed by atoms with Crippen LogP contribution < -0.4 is 5.32 Å². The number of carbonyl (C=O) groups excluding carboxylic acids is 1. The molecule has 0 bridgehead atoms. The topological polar surface area (TPSA) is 69.6 Å². The minimum absolute atomic E-state index is 0.0788. The number of hydrogen-bond donors (Lipinski definition) is 2. The Balaban J connectivity index is 2.08. The van der Waals surface area contributed by atoms with Crippen LogP contribution in [-0.2, 0) is 4.79 Å². The van der Waals surface area contributed by atoms with Crippen molar-refractivity contribution < 1.29 is 19.1 Å². The average Bonchev–Trinajstić information content (AvgIpc) is 2.42. The molecule has 21 heavy (non-hydrogen) atoms. The molecule has 1 aromatic carbocycles. The first-order valence-electron chi connectivity index (χ1n) is 6.72.